The standard InChI is InChI=1S/C13H22N4O/c1-10(2)9-17-7-6-15-13(17)16-12(18)11-4-3-5-14-8-11/h6-7,10-11,14H,3-5,8-9H2,1-2H3,(H,15,16,18)/t11-/m1/s1. The molecule has 0 bridgehead atoms. The molecule has 0 spiro atoms. The van der Waals surface area contributed by atoms with Crippen LogP contribution in [-0.2, 0) is 11.3 Å². The molecular formula is C13H22N4O. The molecule has 0 unspecified atom stereocenters. The van der Waals surface area contributed by atoms with Gasteiger partial charge in [0.05, 0.1) is 5.92 Å². The van der Waals surface area contributed by atoms with E-state index in [4.69, 9.17) is 0 Å². The molecule has 1 aromatic heterocycles. The van der Waals surface area contributed by atoms with Crippen LogP contribution >= 0.6 is 0 Å². The van der Waals surface area contributed by atoms with Crippen LogP contribution in [0, 0.1) is 11.8 Å². The minimum Gasteiger partial charge on any atom is -0.317 e. The summed E-state index contributed by atoms with van der Waals surface area (Å²) in [7, 11) is 0. The van der Waals surface area contributed by atoms with E-state index >= 15 is 0 Å². The third-order valence-electron chi connectivity index (χ3n) is 3.18. The molecule has 2 N–H and O–H groups in total. The van der Waals surface area contributed by atoms with E-state index in [1.54, 1.807) is 6.20 Å². The normalized spacial score (nSPS) is 20.1. The number of amides is 1. The Labute approximate surface area is 108 Å². The molecular weight excluding hydrogens is 228 g/mol. The van der Waals surface area contributed by atoms with Gasteiger partial charge in [-0.05, 0) is 25.3 Å². The van der Waals surface area contributed by atoms with Gasteiger partial charge in [0, 0.05) is 25.5 Å². The second kappa shape index (κ2) is 6.00. The maximum Gasteiger partial charge on any atom is 0.231 e. The van der Waals surface area contributed by atoms with Crippen molar-refractivity contribution in [2.24, 2.45) is 11.8 Å². The van der Waals surface area contributed by atoms with Crippen molar-refractivity contribution in [2.45, 2.75) is 33.2 Å². The maximum atomic E-state index is 12.1. The number of nitrogens with one attached hydrogen (secondary N) is 2. The fraction of sp³-hybridized carbons (Fsp3) is 0.692. The molecule has 0 aliphatic carbocycles. The van der Waals surface area contributed by atoms with Crippen molar-refractivity contribution in [1.29, 1.82) is 0 Å². The van der Waals surface area contributed by atoms with E-state index in [0.29, 0.717) is 11.9 Å². The lowest BCUT2D eigenvalue weighted by atomic mass is 9.99. The minimum absolute atomic E-state index is 0.0722. The number of imidazole rings is 1. The number of aromatic nitrogens is 2. The van der Waals surface area contributed by atoms with Crippen molar-refractivity contribution in [3.8, 4) is 0 Å². The van der Waals surface area contributed by atoms with Gasteiger partial charge in [0.1, 0.15) is 0 Å². The summed E-state index contributed by atoms with van der Waals surface area (Å²) in [6, 6.07) is 0. The quantitative estimate of drug-likeness (QED) is 0.851. The van der Waals surface area contributed by atoms with Gasteiger partial charge >= 0.3 is 0 Å². The number of rotatable bonds is 4. The first kappa shape index (κ1) is 13.1. The van der Waals surface area contributed by atoms with Crippen LogP contribution in [-0.4, -0.2) is 28.5 Å². The molecule has 1 amide bonds. The highest BCUT2D eigenvalue weighted by molar-refractivity contribution is 5.91. The molecule has 5 nitrogen and oxygen atoms in total. The van der Waals surface area contributed by atoms with Gasteiger partial charge in [0.2, 0.25) is 11.9 Å². The van der Waals surface area contributed by atoms with Gasteiger partial charge in [-0.2, -0.15) is 0 Å². The fourth-order valence-electron chi connectivity index (χ4n) is 2.26. The van der Waals surface area contributed by atoms with Crippen molar-refractivity contribution < 1.29 is 4.79 Å². The van der Waals surface area contributed by atoms with E-state index in [1.807, 2.05) is 10.8 Å². The Morgan fingerprint density at radius 1 is 1.67 bits per heavy atom. The highest BCUT2D eigenvalue weighted by Crippen LogP contribution is 2.14. The number of hydrogen-bond acceptors (Lipinski definition) is 3. The highest BCUT2D eigenvalue weighted by atomic mass is 16.2. The molecule has 1 fully saturated rings. The Morgan fingerprint density at radius 3 is 3.17 bits per heavy atom. The smallest absolute Gasteiger partial charge is 0.231 e. The predicted octanol–water partition coefficient (Wildman–Crippen LogP) is 1.48. The van der Waals surface area contributed by atoms with Crippen LogP contribution in [0.15, 0.2) is 12.4 Å². The van der Waals surface area contributed by atoms with E-state index in [9.17, 15) is 4.79 Å². The molecule has 0 saturated carbocycles. The van der Waals surface area contributed by atoms with Crippen molar-refractivity contribution in [1.82, 2.24) is 14.9 Å². The topological polar surface area (TPSA) is 59.0 Å². The van der Waals surface area contributed by atoms with Gasteiger partial charge in [0.15, 0.2) is 0 Å². The largest absolute Gasteiger partial charge is 0.317 e. The number of carbonyl (C=O) groups is 1. The lowest BCUT2D eigenvalue weighted by molar-refractivity contribution is -0.120. The molecule has 1 aliphatic rings. The zero-order valence-electron chi connectivity index (χ0n) is 11.1. The lowest BCUT2D eigenvalue weighted by Gasteiger charge is -2.22. The van der Waals surface area contributed by atoms with Gasteiger partial charge in [-0.1, -0.05) is 13.8 Å². The number of nitrogens with zero attached hydrogens (tertiary/aromatic N) is 2. The maximum absolute atomic E-state index is 12.1. The van der Waals surface area contributed by atoms with Crippen molar-refractivity contribution in [3.05, 3.63) is 12.4 Å². The molecule has 1 atom stereocenters. The SMILES string of the molecule is CC(C)Cn1ccnc1NC(=O)[C@@H]1CCCNC1. The third kappa shape index (κ3) is 3.32. The third-order valence-corrected chi connectivity index (χ3v) is 3.18. The minimum atomic E-state index is 0.0722. The Hall–Kier alpha value is -1.36. The summed E-state index contributed by atoms with van der Waals surface area (Å²) < 4.78 is 2.00. The monoisotopic (exact) mass is 250 g/mol. The van der Waals surface area contributed by atoms with Crippen LogP contribution in [0.4, 0.5) is 5.95 Å². The second-order valence-electron chi connectivity index (χ2n) is 5.33. The van der Waals surface area contributed by atoms with Gasteiger partial charge in [-0.15, -0.1) is 0 Å². The number of piperidine rings is 1. The molecule has 5 heteroatoms. The molecule has 18 heavy (non-hydrogen) atoms. The number of carbonyl (C=O) groups excluding carboxylic acids is 1. The van der Waals surface area contributed by atoms with Crippen LogP contribution in [0.5, 0.6) is 0 Å². The van der Waals surface area contributed by atoms with E-state index in [2.05, 4.69) is 29.5 Å². The van der Waals surface area contributed by atoms with Crippen LogP contribution in [0.3, 0.4) is 0 Å². The van der Waals surface area contributed by atoms with E-state index in [0.717, 1.165) is 32.5 Å². The Morgan fingerprint density at radius 2 is 2.50 bits per heavy atom. The zero-order valence-corrected chi connectivity index (χ0v) is 11.1. The van der Waals surface area contributed by atoms with Crippen molar-refractivity contribution in [2.75, 3.05) is 18.4 Å². The summed E-state index contributed by atoms with van der Waals surface area (Å²) in [5.41, 5.74) is 0. The summed E-state index contributed by atoms with van der Waals surface area (Å²) >= 11 is 0. The molecule has 100 valence electrons. The number of anilines is 1. The average molecular weight is 250 g/mol. The van der Waals surface area contributed by atoms with Gasteiger partial charge in [-0.3, -0.25) is 10.1 Å². The second-order valence-corrected chi connectivity index (χ2v) is 5.33. The highest BCUT2D eigenvalue weighted by Gasteiger charge is 2.22. The summed E-state index contributed by atoms with van der Waals surface area (Å²) in [6.45, 7) is 6.97. The molecule has 0 aromatic carbocycles. The van der Waals surface area contributed by atoms with Crippen LogP contribution < -0.4 is 10.6 Å². The van der Waals surface area contributed by atoms with Gasteiger partial charge in [0.25, 0.3) is 0 Å². The first-order chi connectivity index (χ1) is 8.66. The summed E-state index contributed by atoms with van der Waals surface area (Å²) in [6.07, 6.45) is 5.67. The van der Waals surface area contributed by atoms with Crippen LogP contribution in [0.25, 0.3) is 0 Å². The predicted molar refractivity (Wildman–Crippen MR) is 71.3 cm³/mol. The molecule has 2 heterocycles. The van der Waals surface area contributed by atoms with E-state index < -0.39 is 0 Å². The van der Waals surface area contributed by atoms with Gasteiger partial charge < -0.3 is 9.88 Å². The summed E-state index contributed by atoms with van der Waals surface area (Å²) in [4.78, 5) is 16.3. The molecule has 1 aliphatic heterocycles. The first-order valence-electron chi connectivity index (χ1n) is 6.69. The molecule has 0 radical (unpaired) electrons. The first-order valence-corrected chi connectivity index (χ1v) is 6.69. The van der Waals surface area contributed by atoms with Crippen LogP contribution in [0.1, 0.15) is 26.7 Å². The summed E-state index contributed by atoms with van der Waals surface area (Å²) in [5.74, 6) is 1.35. The summed E-state index contributed by atoms with van der Waals surface area (Å²) in [5, 5.41) is 6.19. The zero-order chi connectivity index (χ0) is 13.0. The Balaban J connectivity index is 1.95. The van der Waals surface area contributed by atoms with Crippen LogP contribution in [0.2, 0.25) is 0 Å². The van der Waals surface area contributed by atoms with E-state index in [1.165, 1.54) is 0 Å². The van der Waals surface area contributed by atoms with E-state index in [-0.39, 0.29) is 11.8 Å². The molecule has 2 rings (SSSR count). The lowest BCUT2D eigenvalue weighted by Crippen LogP contribution is -2.37. The fourth-order valence-corrected chi connectivity index (χ4v) is 2.26. The Bertz CT molecular complexity index is 393. The Kier molecular flexibility index (Phi) is 4.36. The number of hydrogen-bond donors (Lipinski definition) is 2. The van der Waals surface area contributed by atoms with Gasteiger partial charge in [-0.25, -0.2) is 4.98 Å². The van der Waals surface area contributed by atoms with Crippen molar-refractivity contribution in [3.63, 3.8) is 0 Å². The average Bonchev–Trinajstić information content (AvgIpc) is 2.77. The molecule has 1 saturated heterocycles. The molecule has 1 aromatic rings. The van der Waals surface area contributed by atoms with Crippen molar-refractivity contribution >= 4 is 11.9 Å².